The molecule has 2 N–H and O–H groups in total. The molecule has 36 heavy (non-hydrogen) atoms. The fourth-order valence-corrected chi connectivity index (χ4v) is 5.78. The summed E-state index contributed by atoms with van der Waals surface area (Å²) in [5.41, 5.74) is 2.58. The first-order chi connectivity index (χ1) is 17.1. The standard InChI is InChI=1S/C26H20Cl2N4O3S/c1-14-3-10-20-21(11-14)36-23(30-20)15-4-7-17(8-5-15)29-22(33)13-32-24(34)26(2,31-25(32)35)18-9-6-16(27)12-19(18)28/h3-12H,13H2,1-2H3,(H,29,33)(H,31,35)/t26-/m1/s1. The Morgan fingerprint density at radius 3 is 2.56 bits per heavy atom. The van der Waals surface area contributed by atoms with Gasteiger partial charge in [-0.1, -0.05) is 35.3 Å². The Kier molecular flexibility index (Phi) is 6.20. The molecule has 1 saturated heterocycles. The summed E-state index contributed by atoms with van der Waals surface area (Å²) in [5, 5.41) is 6.91. The van der Waals surface area contributed by atoms with Crippen LogP contribution in [-0.2, 0) is 15.1 Å². The summed E-state index contributed by atoms with van der Waals surface area (Å²) in [6.07, 6.45) is 0. The number of anilines is 1. The quantitative estimate of drug-likeness (QED) is 0.305. The van der Waals surface area contributed by atoms with Gasteiger partial charge in [0.25, 0.3) is 5.91 Å². The number of hydrogen-bond donors (Lipinski definition) is 2. The SMILES string of the molecule is Cc1ccc2nc(-c3ccc(NC(=O)CN4C(=O)N[C@](C)(c5ccc(Cl)cc5Cl)C4=O)cc3)sc2c1. The molecule has 0 aliphatic carbocycles. The second-order valence-electron chi connectivity index (χ2n) is 8.69. The first kappa shape index (κ1) is 24.2. The van der Waals surface area contributed by atoms with Crippen molar-refractivity contribution >= 4 is 68.3 Å². The van der Waals surface area contributed by atoms with Gasteiger partial charge in [-0.05, 0) is 67.9 Å². The molecule has 0 spiro atoms. The van der Waals surface area contributed by atoms with Crippen molar-refractivity contribution in [1.82, 2.24) is 15.2 Å². The van der Waals surface area contributed by atoms with Crippen LogP contribution in [0, 0.1) is 6.92 Å². The van der Waals surface area contributed by atoms with E-state index in [1.807, 2.05) is 31.2 Å². The van der Waals surface area contributed by atoms with Gasteiger partial charge in [-0.2, -0.15) is 0 Å². The van der Waals surface area contributed by atoms with Gasteiger partial charge >= 0.3 is 6.03 Å². The average molecular weight is 539 g/mol. The summed E-state index contributed by atoms with van der Waals surface area (Å²) >= 11 is 13.8. The van der Waals surface area contributed by atoms with E-state index in [0.717, 1.165) is 25.7 Å². The van der Waals surface area contributed by atoms with E-state index in [2.05, 4.69) is 21.7 Å². The second-order valence-corrected chi connectivity index (χ2v) is 10.6. The Balaban J connectivity index is 1.27. The van der Waals surface area contributed by atoms with Gasteiger partial charge in [0, 0.05) is 26.9 Å². The van der Waals surface area contributed by atoms with Gasteiger partial charge in [0.05, 0.1) is 10.2 Å². The van der Waals surface area contributed by atoms with Crippen LogP contribution in [0.5, 0.6) is 0 Å². The van der Waals surface area contributed by atoms with Gasteiger partial charge in [-0.25, -0.2) is 9.78 Å². The molecule has 1 aliphatic heterocycles. The van der Waals surface area contributed by atoms with Crippen molar-refractivity contribution < 1.29 is 14.4 Å². The zero-order chi connectivity index (χ0) is 25.6. The summed E-state index contributed by atoms with van der Waals surface area (Å²) in [5.74, 6) is -1.08. The molecule has 1 fully saturated rings. The molecule has 0 unspecified atom stereocenters. The number of imide groups is 1. The fraction of sp³-hybridized carbons (Fsp3) is 0.154. The molecule has 1 aliphatic rings. The van der Waals surface area contributed by atoms with Gasteiger partial charge in [0.2, 0.25) is 5.91 Å². The molecule has 4 aromatic rings. The van der Waals surface area contributed by atoms with Crippen LogP contribution in [0.1, 0.15) is 18.1 Å². The van der Waals surface area contributed by atoms with E-state index >= 15 is 0 Å². The molecule has 4 amide bonds. The maximum absolute atomic E-state index is 13.1. The number of carbonyl (C=O) groups is 3. The van der Waals surface area contributed by atoms with Crippen LogP contribution in [0.4, 0.5) is 10.5 Å². The number of aromatic nitrogens is 1. The summed E-state index contributed by atoms with van der Waals surface area (Å²) in [6, 6.07) is 17.4. The third kappa shape index (κ3) is 4.43. The van der Waals surface area contributed by atoms with Crippen LogP contribution >= 0.6 is 34.5 Å². The number of rotatable bonds is 5. The smallest absolute Gasteiger partial charge is 0.325 e. The third-order valence-electron chi connectivity index (χ3n) is 6.01. The topological polar surface area (TPSA) is 91.4 Å². The number of urea groups is 1. The molecule has 3 aromatic carbocycles. The van der Waals surface area contributed by atoms with E-state index in [9.17, 15) is 14.4 Å². The van der Waals surface area contributed by atoms with Crippen LogP contribution < -0.4 is 10.6 Å². The number of aryl methyl sites for hydroxylation is 1. The number of thiazole rings is 1. The van der Waals surface area contributed by atoms with E-state index in [-0.39, 0.29) is 5.02 Å². The average Bonchev–Trinajstić information content (AvgIpc) is 3.33. The zero-order valence-electron chi connectivity index (χ0n) is 19.3. The number of hydrogen-bond acceptors (Lipinski definition) is 5. The Morgan fingerprint density at radius 2 is 1.83 bits per heavy atom. The predicted octanol–water partition coefficient (Wildman–Crippen LogP) is 5.98. The number of halogens is 2. The summed E-state index contributed by atoms with van der Waals surface area (Å²) in [7, 11) is 0. The predicted molar refractivity (Wildman–Crippen MR) is 142 cm³/mol. The van der Waals surface area contributed by atoms with E-state index in [0.29, 0.717) is 16.3 Å². The van der Waals surface area contributed by atoms with Crippen molar-refractivity contribution in [3.8, 4) is 10.6 Å². The largest absolute Gasteiger partial charge is 0.325 e. The monoisotopic (exact) mass is 538 g/mol. The number of carbonyl (C=O) groups excluding carboxylic acids is 3. The molecular formula is C26H20Cl2N4O3S. The van der Waals surface area contributed by atoms with Crippen LogP contribution in [0.25, 0.3) is 20.8 Å². The number of amides is 4. The highest BCUT2D eigenvalue weighted by molar-refractivity contribution is 7.21. The number of nitrogens with zero attached hydrogens (tertiary/aromatic N) is 2. The van der Waals surface area contributed by atoms with Crippen molar-refractivity contribution in [2.45, 2.75) is 19.4 Å². The lowest BCUT2D eigenvalue weighted by atomic mass is 9.92. The third-order valence-corrected chi connectivity index (χ3v) is 7.62. The summed E-state index contributed by atoms with van der Waals surface area (Å²) < 4.78 is 1.11. The van der Waals surface area contributed by atoms with Gasteiger partial charge in [-0.3, -0.25) is 14.5 Å². The second kappa shape index (κ2) is 9.20. The van der Waals surface area contributed by atoms with Crippen LogP contribution in [0.3, 0.4) is 0 Å². The highest BCUT2D eigenvalue weighted by Gasteiger charge is 2.50. The van der Waals surface area contributed by atoms with Crippen molar-refractivity contribution in [2.75, 3.05) is 11.9 Å². The van der Waals surface area contributed by atoms with Crippen molar-refractivity contribution in [1.29, 1.82) is 0 Å². The number of fused-ring (bicyclic) bond motifs is 1. The first-order valence-electron chi connectivity index (χ1n) is 11.0. The maximum Gasteiger partial charge on any atom is 0.325 e. The van der Waals surface area contributed by atoms with Crippen molar-refractivity contribution in [2.24, 2.45) is 0 Å². The van der Waals surface area contributed by atoms with Gasteiger partial charge in [0.15, 0.2) is 0 Å². The molecule has 0 bridgehead atoms. The Bertz CT molecular complexity index is 1540. The summed E-state index contributed by atoms with van der Waals surface area (Å²) in [4.78, 5) is 43.9. The minimum Gasteiger partial charge on any atom is -0.325 e. The highest BCUT2D eigenvalue weighted by atomic mass is 35.5. The lowest BCUT2D eigenvalue weighted by Crippen LogP contribution is -2.42. The Labute approximate surface area is 221 Å². The normalized spacial score (nSPS) is 17.5. The van der Waals surface area contributed by atoms with Crippen LogP contribution in [0.2, 0.25) is 10.0 Å². The fourth-order valence-electron chi connectivity index (χ4n) is 4.11. The Morgan fingerprint density at radius 1 is 1.08 bits per heavy atom. The van der Waals surface area contributed by atoms with E-state index in [4.69, 9.17) is 23.2 Å². The molecule has 182 valence electrons. The molecule has 0 saturated carbocycles. The zero-order valence-corrected chi connectivity index (χ0v) is 21.6. The van der Waals surface area contributed by atoms with Gasteiger partial charge in [0.1, 0.15) is 17.1 Å². The highest BCUT2D eigenvalue weighted by Crippen LogP contribution is 2.35. The van der Waals surface area contributed by atoms with Crippen molar-refractivity contribution in [3.63, 3.8) is 0 Å². The van der Waals surface area contributed by atoms with E-state index in [1.165, 1.54) is 11.6 Å². The lowest BCUT2D eigenvalue weighted by Gasteiger charge is -2.23. The molecule has 10 heteroatoms. The number of benzene rings is 3. The molecule has 2 heterocycles. The number of nitrogens with one attached hydrogen (secondary N) is 2. The van der Waals surface area contributed by atoms with E-state index in [1.54, 1.807) is 42.5 Å². The lowest BCUT2D eigenvalue weighted by molar-refractivity contribution is -0.133. The van der Waals surface area contributed by atoms with Gasteiger partial charge in [-0.15, -0.1) is 11.3 Å². The molecule has 7 nitrogen and oxygen atoms in total. The molecule has 0 radical (unpaired) electrons. The maximum atomic E-state index is 13.1. The first-order valence-corrected chi connectivity index (χ1v) is 12.6. The minimum absolute atomic E-state index is 0.244. The minimum atomic E-state index is -1.41. The molecule has 1 aromatic heterocycles. The van der Waals surface area contributed by atoms with Crippen molar-refractivity contribution in [3.05, 3.63) is 81.8 Å². The molecular weight excluding hydrogens is 519 g/mol. The van der Waals surface area contributed by atoms with Crippen LogP contribution in [-0.4, -0.2) is 34.3 Å². The van der Waals surface area contributed by atoms with E-state index < -0.39 is 29.9 Å². The molecule has 1 atom stereocenters. The van der Waals surface area contributed by atoms with Gasteiger partial charge < -0.3 is 10.6 Å². The summed E-state index contributed by atoms with van der Waals surface area (Å²) in [6.45, 7) is 3.15. The molecule has 5 rings (SSSR count). The Hall–Kier alpha value is -3.46. The van der Waals surface area contributed by atoms with Crippen LogP contribution in [0.15, 0.2) is 60.7 Å².